The Morgan fingerprint density at radius 1 is 1.06 bits per heavy atom. The average molecular weight is 460 g/mol. The summed E-state index contributed by atoms with van der Waals surface area (Å²) in [5.74, 6) is 0.417. The Bertz CT molecular complexity index is 1290. The van der Waals surface area contributed by atoms with E-state index in [0.717, 1.165) is 11.9 Å². The first-order chi connectivity index (χ1) is 16.3. The summed E-state index contributed by atoms with van der Waals surface area (Å²) >= 11 is 0. The van der Waals surface area contributed by atoms with E-state index in [1.165, 1.54) is 4.90 Å². The second-order valence-electron chi connectivity index (χ2n) is 8.91. The van der Waals surface area contributed by atoms with Gasteiger partial charge in [0.05, 0.1) is 5.52 Å². The highest BCUT2D eigenvalue weighted by atomic mass is 16.3. The zero-order valence-electron chi connectivity index (χ0n) is 19.9. The van der Waals surface area contributed by atoms with Crippen LogP contribution in [0.25, 0.3) is 11.0 Å². The predicted octanol–water partition coefficient (Wildman–Crippen LogP) is 4.41. The normalized spacial score (nSPS) is 12.5. The maximum atomic E-state index is 13.8. The van der Waals surface area contributed by atoms with Gasteiger partial charge in [-0.25, -0.2) is 4.68 Å². The number of amides is 2. The molecule has 34 heavy (non-hydrogen) atoms. The van der Waals surface area contributed by atoms with Crippen LogP contribution in [-0.2, 0) is 16.1 Å². The largest absolute Gasteiger partial charge is 0.464 e. The van der Waals surface area contributed by atoms with Crippen LogP contribution in [0.5, 0.6) is 0 Å². The summed E-state index contributed by atoms with van der Waals surface area (Å²) in [6.45, 7) is 7.63. The van der Waals surface area contributed by atoms with E-state index in [0.29, 0.717) is 22.7 Å². The minimum Gasteiger partial charge on any atom is -0.464 e. The number of benzene rings is 2. The maximum Gasteiger partial charge on any atom is 0.251 e. The van der Waals surface area contributed by atoms with Gasteiger partial charge in [0, 0.05) is 11.2 Å². The summed E-state index contributed by atoms with van der Waals surface area (Å²) in [4.78, 5) is 29.0. The number of anilines is 1. The molecule has 0 saturated carbocycles. The summed E-state index contributed by atoms with van der Waals surface area (Å²) in [5.41, 5.74) is 1.57. The maximum absolute atomic E-state index is 13.8. The van der Waals surface area contributed by atoms with Crippen molar-refractivity contribution in [3.63, 3.8) is 0 Å². The van der Waals surface area contributed by atoms with Crippen molar-refractivity contribution in [3.05, 3.63) is 78.3 Å². The van der Waals surface area contributed by atoms with Gasteiger partial charge in [0.2, 0.25) is 5.91 Å². The van der Waals surface area contributed by atoms with Crippen LogP contribution in [0, 0.1) is 6.92 Å². The molecule has 0 spiro atoms. The van der Waals surface area contributed by atoms with E-state index in [1.54, 1.807) is 28.9 Å². The Morgan fingerprint density at radius 3 is 2.44 bits per heavy atom. The molecule has 4 aromatic rings. The lowest BCUT2D eigenvalue weighted by Gasteiger charge is -2.33. The van der Waals surface area contributed by atoms with Crippen LogP contribution in [0.15, 0.2) is 71.1 Å². The van der Waals surface area contributed by atoms with Crippen molar-refractivity contribution >= 4 is 28.5 Å². The van der Waals surface area contributed by atoms with E-state index in [-0.39, 0.29) is 18.4 Å². The number of fused-ring (bicyclic) bond motifs is 1. The number of nitrogens with zero attached hydrogens (tertiary/aromatic N) is 4. The number of hydrogen-bond acceptors (Lipinski definition) is 5. The van der Waals surface area contributed by atoms with Gasteiger partial charge in [0.1, 0.15) is 23.6 Å². The molecule has 0 aliphatic heterocycles. The van der Waals surface area contributed by atoms with Crippen LogP contribution in [0.2, 0.25) is 0 Å². The van der Waals surface area contributed by atoms with Crippen molar-refractivity contribution < 1.29 is 14.0 Å². The Kier molecular flexibility index (Phi) is 6.49. The van der Waals surface area contributed by atoms with Gasteiger partial charge in [0.25, 0.3) is 5.91 Å². The van der Waals surface area contributed by atoms with E-state index in [4.69, 9.17) is 4.42 Å². The van der Waals surface area contributed by atoms with Crippen LogP contribution in [0.3, 0.4) is 0 Å². The van der Waals surface area contributed by atoms with Gasteiger partial charge >= 0.3 is 0 Å². The molecule has 0 unspecified atom stereocenters. The van der Waals surface area contributed by atoms with Crippen molar-refractivity contribution in [2.45, 2.75) is 52.2 Å². The van der Waals surface area contributed by atoms with E-state index >= 15 is 0 Å². The fourth-order valence-electron chi connectivity index (χ4n) is 3.73. The number of rotatable bonds is 8. The molecule has 0 radical (unpaired) electrons. The molecule has 8 nitrogen and oxygen atoms in total. The molecule has 2 amide bonds. The number of hydrogen-bond donors (Lipinski definition) is 1. The molecule has 0 aliphatic rings. The summed E-state index contributed by atoms with van der Waals surface area (Å²) < 4.78 is 7.43. The van der Waals surface area contributed by atoms with Gasteiger partial charge in [-0.2, -0.15) is 0 Å². The SMILES string of the molecule is CCC(C)(C)NC(=O)[C@H](c1ccc(C)o1)N(C(=O)Cn1nnc2ccccc21)c1ccccc1. The summed E-state index contributed by atoms with van der Waals surface area (Å²) in [6, 6.07) is 19.1. The topological polar surface area (TPSA) is 93.3 Å². The van der Waals surface area contributed by atoms with Crippen molar-refractivity contribution in [2.75, 3.05) is 4.90 Å². The number of carbonyl (C=O) groups excluding carboxylic acids is 2. The number of nitrogens with one attached hydrogen (secondary N) is 1. The van der Waals surface area contributed by atoms with Crippen molar-refractivity contribution in [1.82, 2.24) is 20.3 Å². The highest BCUT2D eigenvalue weighted by Gasteiger charge is 2.37. The van der Waals surface area contributed by atoms with Gasteiger partial charge in [0.15, 0.2) is 6.04 Å². The summed E-state index contributed by atoms with van der Waals surface area (Å²) in [7, 11) is 0. The molecule has 1 atom stereocenters. The smallest absolute Gasteiger partial charge is 0.251 e. The van der Waals surface area contributed by atoms with Crippen LogP contribution in [0.1, 0.15) is 44.8 Å². The van der Waals surface area contributed by atoms with E-state index in [2.05, 4.69) is 15.6 Å². The third-order valence-corrected chi connectivity index (χ3v) is 5.89. The number of carbonyl (C=O) groups is 2. The molecule has 2 aromatic carbocycles. The zero-order chi connectivity index (χ0) is 24.3. The molecule has 2 heterocycles. The molecule has 176 valence electrons. The van der Waals surface area contributed by atoms with Gasteiger partial charge in [-0.1, -0.05) is 42.5 Å². The minimum absolute atomic E-state index is 0.0873. The van der Waals surface area contributed by atoms with Crippen molar-refractivity contribution in [3.8, 4) is 0 Å². The molecule has 4 rings (SSSR count). The average Bonchev–Trinajstić information content (AvgIpc) is 3.43. The van der Waals surface area contributed by atoms with E-state index in [9.17, 15) is 9.59 Å². The first-order valence-electron chi connectivity index (χ1n) is 11.3. The molecule has 1 N–H and O–H groups in total. The Balaban J connectivity index is 1.78. The molecule has 0 aliphatic carbocycles. The Morgan fingerprint density at radius 2 is 1.76 bits per heavy atom. The Labute approximate surface area is 198 Å². The van der Waals surface area contributed by atoms with Gasteiger partial charge in [-0.05, 0) is 63.6 Å². The van der Waals surface area contributed by atoms with E-state index in [1.807, 2.05) is 70.2 Å². The third kappa shape index (κ3) is 4.85. The summed E-state index contributed by atoms with van der Waals surface area (Å²) in [5, 5.41) is 11.4. The van der Waals surface area contributed by atoms with Crippen LogP contribution in [0.4, 0.5) is 5.69 Å². The Hall–Kier alpha value is -3.94. The van der Waals surface area contributed by atoms with Gasteiger partial charge in [-0.3, -0.25) is 14.5 Å². The van der Waals surface area contributed by atoms with Gasteiger partial charge in [-0.15, -0.1) is 5.10 Å². The molecule has 2 aromatic heterocycles. The second-order valence-corrected chi connectivity index (χ2v) is 8.91. The lowest BCUT2D eigenvalue weighted by atomic mass is 10.0. The second kappa shape index (κ2) is 9.51. The predicted molar refractivity (Wildman–Crippen MR) is 130 cm³/mol. The third-order valence-electron chi connectivity index (χ3n) is 5.89. The molecular formula is C26H29N5O3. The molecular weight excluding hydrogens is 430 g/mol. The molecule has 0 saturated heterocycles. The first-order valence-corrected chi connectivity index (χ1v) is 11.3. The molecule has 0 bridgehead atoms. The van der Waals surface area contributed by atoms with Crippen LogP contribution in [-0.4, -0.2) is 32.3 Å². The van der Waals surface area contributed by atoms with Crippen molar-refractivity contribution in [1.29, 1.82) is 0 Å². The van der Waals surface area contributed by atoms with Crippen LogP contribution < -0.4 is 10.2 Å². The standard InChI is InChI=1S/C26H29N5O3/c1-5-26(3,4)27-25(33)24(22-16-15-18(2)34-22)31(19-11-7-6-8-12-19)23(32)17-30-21-14-10-9-13-20(21)28-29-30/h6-16,24H,5,17H2,1-4H3,(H,27,33)/t24-/m0/s1. The number of aryl methyl sites for hydroxylation is 1. The number of aromatic nitrogens is 3. The fraction of sp³-hybridized carbons (Fsp3) is 0.308. The minimum atomic E-state index is -0.996. The lowest BCUT2D eigenvalue weighted by Crippen LogP contribution is -2.51. The highest BCUT2D eigenvalue weighted by molar-refractivity contribution is 6.01. The number of furan rings is 1. The highest BCUT2D eigenvalue weighted by Crippen LogP contribution is 2.30. The summed E-state index contributed by atoms with van der Waals surface area (Å²) in [6.07, 6.45) is 0.729. The first kappa shape index (κ1) is 23.2. The van der Waals surface area contributed by atoms with E-state index < -0.39 is 11.6 Å². The lowest BCUT2D eigenvalue weighted by molar-refractivity contribution is -0.128. The fourth-order valence-corrected chi connectivity index (χ4v) is 3.73. The molecule has 8 heteroatoms. The monoisotopic (exact) mass is 459 g/mol. The van der Waals surface area contributed by atoms with Crippen LogP contribution >= 0.6 is 0 Å². The van der Waals surface area contributed by atoms with Crippen molar-refractivity contribution in [2.24, 2.45) is 0 Å². The van der Waals surface area contributed by atoms with Gasteiger partial charge < -0.3 is 9.73 Å². The zero-order valence-corrected chi connectivity index (χ0v) is 19.9. The quantitative estimate of drug-likeness (QED) is 0.421. The molecule has 0 fully saturated rings. The number of para-hydroxylation sites is 2.